The Morgan fingerprint density at radius 3 is 2.46 bits per heavy atom. The van der Waals surface area contributed by atoms with Gasteiger partial charge in [-0.25, -0.2) is 4.79 Å². The van der Waals surface area contributed by atoms with E-state index in [-0.39, 0.29) is 6.03 Å². The zero-order valence-electron chi connectivity index (χ0n) is 16.9. The number of aryl methyl sites for hydroxylation is 1. The summed E-state index contributed by atoms with van der Waals surface area (Å²) in [5.41, 5.74) is 5.40. The molecule has 1 fully saturated rings. The average Bonchev–Trinajstić information content (AvgIpc) is 2.73. The number of nitrogens with zero attached hydrogens (tertiary/aromatic N) is 2. The molecule has 0 aromatic heterocycles. The molecular formula is C24H31N3O. The molecule has 2 aromatic carbocycles. The van der Waals surface area contributed by atoms with Gasteiger partial charge >= 0.3 is 6.03 Å². The van der Waals surface area contributed by atoms with Crippen LogP contribution in [0.5, 0.6) is 0 Å². The number of urea groups is 1. The number of hydrogen-bond donors (Lipinski definition) is 1. The third-order valence-electron chi connectivity index (χ3n) is 6.19. The van der Waals surface area contributed by atoms with E-state index in [1.165, 1.54) is 16.7 Å². The molecule has 0 aliphatic carbocycles. The molecule has 2 heterocycles. The molecule has 0 bridgehead atoms. The molecule has 1 N–H and O–H groups in total. The van der Waals surface area contributed by atoms with E-state index in [0.29, 0.717) is 12.5 Å². The van der Waals surface area contributed by atoms with Crippen molar-refractivity contribution in [3.8, 4) is 0 Å². The van der Waals surface area contributed by atoms with E-state index in [2.05, 4.69) is 65.7 Å². The molecule has 2 aromatic rings. The molecule has 2 amide bonds. The predicted octanol–water partition coefficient (Wildman–Crippen LogP) is 3.97. The smallest absolute Gasteiger partial charge is 0.317 e. The SMILES string of the molecule is Cc1ccc(CNC(=O)N2CCC(CN3CCc4ccccc4C3)CC2)cc1. The van der Waals surface area contributed by atoms with E-state index in [4.69, 9.17) is 0 Å². The standard InChI is InChI=1S/C24H31N3O/c1-19-6-8-20(9-7-19)16-25-24(28)27-14-10-21(11-15-27)17-26-13-12-22-4-2-3-5-23(22)18-26/h2-9,21H,10-18H2,1H3,(H,25,28). The van der Waals surface area contributed by atoms with Gasteiger partial charge in [-0.05, 0) is 48.8 Å². The summed E-state index contributed by atoms with van der Waals surface area (Å²) in [6.07, 6.45) is 3.38. The van der Waals surface area contributed by atoms with Gasteiger partial charge in [-0.1, -0.05) is 54.1 Å². The van der Waals surface area contributed by atoms with E-state index in [1.54, 1.807) is 0 Å². The number of carbonyl (C=O) groups is 1. The van der Waals surface area contributed by atoms with Crippen molar-refractivity contribution in [3.05, 3.63) is 70.8 Å². The first kappa shape index (κ1) is 19.0. The lowest BCUT2D eigenvalue weighted by Gasteiger charge is -2.36. The molecule has 2 aliphatic rings. The molecule has 0 spiro atoms. The lowest BCUT2D eigenvalue weighted by molar-refractivity contribution is 0.141. The molecule has 0 radical (unpaired) electrons. The number of fused-ring (bicyclic) bond motifs is 1. The highest BCUT2D eigenvalue weighted by Gasteiger charge is 2.25. The van der Waals surface area contributed by atoms with Gasteiger partial charge in [0.05, 0.1) is 0 Å². The molecule has 148 valence electrons. The van der Waals surface area contributed by atoms with Crippen LogP contribution in [-0.4, -0.2) is 42.0 Å². The Morgan fingerprint density at radius 2 is 1.71 bits per heavy atom. The fourth-order valence-corrected chi connectivity index (χ4v) is 4.39. The largest absolute Gasteiger partial charge is 0.334 e. The summed E-state index contributed by atoms with van der Waals surface area (Å²) in [7, 11) is 0. The molecule has 4 nitrogen and oxygen atoms in total. The topological polar surface area (TPSA) is 35.6 Å². The molecule has 4 rings (SSSR count). The lowest BCUT2D eigenvalue weighted by Crippen LogP contribution is -2.46. The fourth-order valence-electron chi connectivity index (χ4n) is 4.39. The molecule has 0 atom stereocenters. The highest BCUT2D eigenvalue weighted by molar-refractivity contribution is 5.74. The van der Waals surface area contributed by atoms with Crippen LogP contribution in [0, 0.1) is 12.8 Å². The third kappa shape index (κ3) is 4.74. The van der Waals surface area contributed by atoms with Crippen LogP contribution in [0.15, 0.2) is 48.5 Å². The average molecular weight is 378 g/mol. The lowest BCUT2D eigenvalue weighted by atomic mass is 9.94. The predicted molar refractivity (Wildman–Crippen MR) is 113 cm³/mol. The van der Waals surface area contributed by atoms with Gasteiger partial charge in [0.15, 0.2) is 0 Å². The fraction of sp³-hybridized carbons (Fsp3) is 0.458. The van der Waals surface area contributed by atoms with Crippen LogP contribution < -0.4 is 5.32 Å². The monoisotopic (exact) mass is 377 g/mol. The summed E-state index contributed by atoms with van der Waals surface area (Å²) in [5, 5.41) is 3.07. The van der Waals surface area contributed by atoms with Gasteiger partial charge in [0.1, 0.15) is 0 Å². The summed E-state index contributed by atoms with van der Waals surface area (Å²) in [6.45, 7) is 7.82. The molecule has 2 aliphatic heterocycles. The van der Waals surface area contributed by atoms with E-state index in [9.17, 15) is 4.79 Å². The number of likely N-dealkylation sites (tertiary alicyclic amines) is 1. The van der Waals surface area contributed by atoms with E-state index >= 15 is 0 Å². The van der Waals surface area contributed by atoms with Gasteiger partial charge in [0.2, 0.25) is 0 Å². The molecular weight excluding hydrogens is 346 g/mol. The number of nitrogens with one attached hydrogen (secondary N) is 1. The molecule has 4 heteroatoms. The normalized spacial score (nSPS) is 18.0. The Kier molecular flexibility index (Phi) is 5.96. The molecule has 28 heavy (non-hydrogen) atoms. The highest BCUT2D eigenvalue weighted by Crippen LogP contribution is 2.23. The Labute approximate surface area is 168 Å². The third-order valence-corrected chi connectivity index (χ3v) is 6.19. The van der Waals surface area contributed by atoms with E-state index in [0.717, 1.165) is 57.5 Å². The second-order valence-corrected chi connectivity index (χ2v) is 8.33. The summed E-state index contributed by atoms with van der Waals surface area (Å²) in [5.74, 6) is 0.700. The quantitative estimate of drug-likeness (QED) is 0.875. The van der Waals surface area contributed by atoms with Crippen molar-refractivity contribution in [3.63, 3.8) is 0 Å². The van der Waals surface area contributed by atoms with Crippen LogP contribution in [0.2, 0.25) is 0 Å². The second-order valence-electron chi connectivity index (χ2n) is 8.33. The minimum Gasteiger partial charge on any atom is -0.334 e. The summed E-state index contributed by atoms with van der Waals surface area (Å²) < 4.78 is 0. The van der Waals surface area contributed by atoms with Gasteiger partial charge in [0, 0.05) is 39.3 Å². The van der Waals surface area contributed by atoms with Crippen LogP contribution in [-0.2, 0) is 19.5 Å². The number of piperidine rings is 1. The van der Waals surface area contributed by atoms with Gasteiger partial charge in [0.25, 0.3) is 0 Å². The van der Waals surface area contributed by atoms with Crippen molar-refractivity contribution in [2.45, 2.75) is 39.3 Å². The van der Waals surface area contributed by atoms with Crippen LogP contribution in [0.1, 0.15) is 35.1 Å². The van der Waals surface area contributed by atoms with E-state index < -0.39 is 0 Å². The number of benzene rings is 2. The van der Waals surface area contributed by atoms with Crippen molar-refractivity contribution < 1.29 is 4.79 Å². The number of amides is 2. The van der Waals surface area contributed by atoms with Crippen LogP contribution >= 0.6 is 0 Å². The van der Waals surface area contributed by atoms with Crippen LogP contribution in [0.3, 0.4) is 0 Å². The Balaban J connectivity index is 1.20. The summed E-state index contributed by atoms with van der Waals surface area (Å²) >= 11 is 0. The van der Waals surface area contributed by atoms with Gasteiger partial charge < -0.3 is 10.2 Å². The second kappa shape index (κ2) is 8.78. The zero-order valence-corrected chi connectivity index (χ0v) is 16.9. The number of carbonyl (C=O) groups excluding carboxylic acids is 1. The Hall–Kier alpha value is -2.33. The first-order valence-electron chi connectivity index (χ1n) is 10.5. The van der Waals surface area contributed by atoms with Gasteiger partial charge in [-0.15, -0.1) is 0 Å². The minimum atomic E-state index is 0.0749. The Bertz CT molecular complexity index is 794. The van der Waals surface area contributed by atoms with Crippen molar-refractivity contribution in [2.24, 2.45) is 5.92 Å². The van der Waals surface area contributed by atoms with Crippen molar-refractivity contribution in [1.82, 2.24) is 15.1 Å². The van der Waals surface area contributed by atoms with Crippen molar-refractivity contribution >= 4 is 6.03 Å². The van der Waals surface area contributed by atoms with Crippen LogP contribution in [0.4, 0.5) is 4.79 Å². The summed E-state index contributed by atoms with van der Waals surface area (Å²) in [4.78, 5) is 17.1. The maximum atomic E-state index is 12.5. The van der Waals surface area contributed by atoms with Crippen molar-refractivity contribution in [2.75, 3.05) is 26.2 Å². The van der Waals surface area contributed by atoms with Gasteiger partial charge in [-0.2, -0.15) is 0 Å². The Morgan fingerprint density at radius 1 is 1.00 bits per heavy atom. The van der Waals surface area contributed by atoms with Gasteiger partial charge in [-0.3, -0.25) is 4.90 Å². The molecule has 0 unspecified atom stereocenters. The maximum Gasteiger partial charge on any atom is 0.317 e. The highest BCUT2D eigenvalue weighted by atomic mass is 16.2. The number of rotatable bonds is 4. The first-order valence-corrected chi connectivity index (χ1v) is 10.5. The van der Waals surface area contributed by atoms with Crippen molar-refractivity contribution in [1.29, 1.82) is 0 Å². The maximum absolute atomic E-state index is 12.5. The molecule has 0 saturated carbocycles. The van der Waals surface area contributed by atoms with Crippen LogP contribution in [0.25, 0.3) is 0 Å². The van der Waals surface area contributed by atoms with E-state index in [1.807, 2.05) is 4.90 Å². The number of hydrogen-bond acceptors (Lipinski definition) is 2. The molecule has 1 saturated heterocycles. The minimum absolute atomic E-state index is 0.0749. The first-order chi connectivity index (χ1) is 13.7. The zero-order chi connectivity index (χ0) is 19.3. The summed E-state index contributed by atoms with van der Waals surface area (Å²) in [6, 6.07) is 17.2.